The predicted octanol–water partition coefficient (Wildman–Crippen LogP) is 0.725. The highest BCUT2D eigenvalue weighted by Crippen LogP contribution is 2.29. The number of ether oxygens (including phenoxy) is 3. The number of nitrogens with zero attached hydrogens (tertiary/aromatic N) is 2. The van der Waals surface area contributed by atoms with Gasteiger partial charge in [-0.3, -0.25) is 19.1 Å². The number of hydrogen-bond donors (Lipinski definition) is 2. The highest BCUT2D eigenvalue weighted by Gasteiger charge is 2.34. The lowest BCUT2D eigenvalue weighted by Gasteiger charge is -2.17. The van der Waals surface area contributed by atoms with E-state index in [1.165, 1.54) is 27.8 Å². The molecule has 1 aliphatic heterocycles. The van der Waals surface area contributed by atoms with Crippen LogP contribution >= 0.6 is 0 Å². The molecule has 3 rings (SSSR count). The number of amides is 1. The van der Waals surface area contributed by atoms with Gasteiger partial charge in [0.15, 0.2) is 11.5 Å². The first-order valence-electron chi connectivity index (χ1n) is 10.0. The minimum atomic E-state index is -0.903. The molecule has 2 heterocycles. The van der Waals surface area contributed by atoms with Crippen molar-refractivity contribution in [2.24, 2.45) is 0 Å². The van der Waals surface area contributed by atoms with Crippen molar-refractivity contribution in [3.8, 4) is 11.5 Å². The van der Waals surface area contributed by atoms with Crippen molar-refractivity contribution in [1.82, 2.24) is 14.5 Å². The number of aliphatic hydroxyl groups is 1. The van der Waals surface area contributed by atoms with Gasteiger partial charge in [-0.05, 0) is 30.7 Å². The lowest BCUT2D eigenvalue weighted by molar-refractivity contribution is -0.125. The van der Waals surface area contributed by atoms with Gasteiger partial charge in [-0.2, -0.15) is 0 Å². The minimum absolute atomic E-state index is 0.149. The Hall–Kier alpha value is -3.37. The van der Waals surface area contributed by atoms with E-state index in [1.807, 2.05) is 6.07 Å². The van der Waals surface area contributed by atoms with Crippen molar-refractivity contribution in [1.29, 1.82) is 0 Å². The van der Waals surface area contributed by atoms with Crippen LogP contribution in [0.3, 0.4) is 0 Å². The summed E-state index contributed by atoms with van der Waals surface area (Å²) in [6, 6.07) is 5.41. The van der Waals surface area contributed by atoms with Crippen molar-refractivity contribution in [3.63, 3.8) is 0 Å². The van der Waals surface area contributed by atoms with Crippen LogP contribution in [0.2, 0.25) is 0 Å². The van der Waals surface area contributed by atoms with Gasteiger partial charge in [-0.15, -0.1) is 0 Å². The van der Waals surface area contributed by atoms with E-state index in [0.717, 1.165) is 5.56 Å². The molecule has 1 saturated heterocycles. The van der Waals surface area contributed by atoms with Crippen molar-refractivity contribution < 1.29 is 24.1 Å². The summed E-state index contributed by atoms with van der Waals surface area (Å²) in [7, 11) is 4.75. The Balaban J connectivity index is 1.64. The molecule has 0 spiro atoms. The number of H-pyrrole nitrogens is 1. The normalized spacial score (nSPS) is 20.5. The molecule has 1 aromatic heterocycles. The van der Waals surface area contributed by atoms with Gasteiger partial charge in [-0.25, -0.2) is 4.79 Å². The molecule has 0 saturated carbocycles. The number of carbonyl (C=O) groups is 1. The fourth-order valence-electron chi connectivity index (χ4n) is 3.46. The lowest BCUT2D eigenvalue weighted by atomic mass is 10.1. The molecule has 3 atom stereocenters. The third-order valence-corrected chi connectivity index (χ3v) is 5.27. The second kappa shape index (κ2) is 9.84. The summed E-state index contributed by atoms with van der Waals surface area (Å²) < 4.78 is 17.5. The monoisotopic (exact) mass is 445 g/mol. The number of nitrogens with one attached hydrogen (secondary N) is 1. The number of methoxy groups -OCH3 is 2. The van der Waals surface area contributed by atoms with Crippen LogP contribution in [0.25, 0.3) is 0 Å². The van der Waals surface area contributed by atoms with Crippen molar-refractivity contribution >= 4 is 5.91 Å². The Kier molecular flexibility index (Phi) is 7.16. The van der Waals surface area contributed by atoms with Crippen LogP contribution in [0.1, 0.15) is 23.8 Å². The molecule has 0 bridgehead atoms. The second-order valence-corrected chi connectivity index (χ2v) is 7.58. The van der Waals surface area contributed by atoms with Crippen molar-refractivity contribution in [2.75, 3.05) is 21.3 Å². The van der Waals surface area contributed by atoms with Gasteiger partial charge in [0, 0.05) is 37.8 Å². The fraction of sp³-hybridized carbons (Fsp3) is 0.409. The number of likely N-dealkylation sites (N-methyl/N-ethyl adjacent to an activating group) is 1. The summed E-state index contributed by atoms with van der Waals surface area (Å²) in [4.78, 5) is 39.9. The number of carbonyl (C=O) groups excluding carboxylic acids is 1. The maximum atomic E-state index is 12.5. The summed E-state index contributed by atoms with van der Waals surface area (Å²) in [6.07, 6.45) is 1.93. The van der Waals surface area contributed by atoms with Gasteiger partial charge in [0.05, 0.1) is 20.3 Å². The Morgan fingerprint density at radius 1 is 1.31 bits per heavy atom. The first kappa shape index (κ1) is 23.3. The van der Waals surface area contributed by atoms with Gasteiger partial charge in [-0.1, -0.05) is 6.07 Å². The van der Waals surface area contributed by atoms with E-state index in [9.17, 15) is 19.5 Å². The summed E-state index contributed by atoms with van der Waals surface area (Å²) in [5, 5.41) is 10.3. The molecule has 0 aliphatic carbocycles. The number of aromatic nitrogens is 2. The molecule has 1 aliphatic rings. The molecule has 1 fully saturated rings. The zero-order valence-corrected chi connectivity index (χ0v) is 18.4. The molecule has 2 N–H and O–H groups in total. The van der Waals surface area contributed by atoms with Crippen LogP contribution < -0.4 is 20.7 Å². The molecule has 10 heteroatoms. The minimum Gasteiger partial charge on any atom is -0.493 e. The second-order valence-electron chi connectivity index (χ2n) is 7.58. The van der Waals surface area contributed by atoms with Gasteiger partial charge in [0.1, 0.15) is 12.3 Å². The number of benzene rings is 1. The van der Waals surface area contributed by atoms with E-state index in [-0.39, 0.29) is 12.3 Å². The smallest absolute Gasteiger partial charge is 0.330 e. The summed E-state index contributed by atoms with van der Waals surface area (Å²) in [5.41, 5.74) is 0.128. The van der Waals surface area contributed by atoms with Crippen LogP contribution in [0.5, 0.6) is 11.5 Å². The molecule has 172 valence electrons. The number of rotatable bonds is 7. The summed E-state index contributed by atoms with van der Waals surface area (Å²) >= 11 is 0. The number of aliphatic hydroxyl groups excluding tert-OH is 1. The van der Waals surface area contributed by atoms with Gasteiger partial charge in [0.25, 0.3) is 5.56 Å². The molecule has 2 aromatic rings. The zero-order valence-electron chi connectivity index (χ0n) is 18.4. The number of aryl methyl sites for hydroxylation is 1. The SMILES string of the molecule is COc1ccc(CN(C)C(=O)/C=C/[C@H]2O[C@@H](n3cc(C)c(=O)[nH]c3=O)C[C@@H]2O)cc1OC. The van der Waals surface area contributed by atoms with Crippen LogP contribution in [-0.4, -0.2) is 58.9 Å². The molecule has 10 nitrogen and oxygen atoms in total. The molecule has 0 radical (unpaired) electrons. The van der Waals surface area contributed by atoms with Crippen LogP contribution in [0, 0.1) is 6.92 Å². The average molecular weight is 445 g/mol. The fourth-order valence-corrected chi connectivity index (χ4v) is 3.46. The molecule has 0 unspecified atom stereocenters. The lowest BCUT2D eigenvalue weighted by Crippen LogP contribution is -2.33. The van der Waals surface area contributed by atoms with Crippen molar-refractivity contribution in [3.05, 3.63) is 68.5 Å². The first-order chi connectivity index (χ1) is 15.2. The van der Waals surface area contributed by atoms with Gasteiger partial charge in [0.2, 0.25) is 5.91 Å². The van der Waals surface area contributed by atoms with E-state index < -0.39 is 29.7 Å². The van der Waals surface area contributed by atoms with Gasteiger partial charge >= 0.3 is 5.69 Å². The Bertz CT molecular complexity index is 1120. The topological polar surface area (TPSA) is 123 Å². The van der Waals surface area contributed by atoms with Crippen LogP contribution in [0.15, 0.2) is 46.1 Å². The van der Waals surface area contributed by atoms with E-state index in [2.05, 4.69) is 4.98 Å². The molecule has 32 heavy (non-hydrogen) atoms. The summed E-state index contributed by atoms with van der Waals surface area (Å²) in [6.45, 7) is 1.91. The predicted molar refractivity (Wildman–Crippen MR) is 116 cm³/mol. The highest BCUT2D eigenvalue weighted by molar-refractivity contribution is 5.87. The van der Waals surface area contributed by atoms with E-state index >= 15 is 0 Å². The molecular weight excluding hydrogens is 418 g/mol. The number of hydrogen-bond acceptors (Lipinski definition) is 7. The summed E-state index contributed by atoms with van der Waals surface area (Å²) in [5.74, 6) is 0.891. The van der Waals surface area contributed by atoms with E-state index in [0.29, 0.717) is 23.6 Å². The van der Waals surface area contributed by atoms with Crippen molar-refractivity contribution in [2.45, 2.75) is 38.3 Å². The Labute approximate surface area is 184 Å². The standard InChI is InChI=1S/C22H27N3O7/c1-13-11-25(22(29)23-21(13)28)20-10-15(26)16(32-20)7-8-19(27)24(2)12-14-5-6-17(30-3)18(9-14)31-4/h5-9,11,15-16,20,26H,10,12H2,1-4H3,(H,23,28,29)/b8-7+/t15-,16+,20+/m0/s1. The highest BCUT2D eigenvalue weighted by atomic mass is 16.5. The quantitative estimate of drug-likeness (QED) is 0.602. The Morgan fingerprint density at radius 2 is 2.03 bits per heavy atom. The first-order valence-corrected chi connectivity index (χ1v) is 10.0. The number of aromatic amines is 1. The third kappa shape index (κ3) is 5.09. The largest absolute Gasteiger partial charge is 0.493 e. The van der Waals surface area contributed by atoms with Gasteiger partial charge < -0.3 is 24.2 Å². The molecule has 1 amide bonds. The molecular formula is C22H27N3O7. The zero-order chi connectivity index (χ0) is 23.4. The maximum Gasteiger partial charge on any atom is 0.330 e. The third-order valence-electron chi connectivity index (χ3n) is 5.27. The maximum absolute atomic E-state index is 12.5. The van der Waals surface area contributed by atoms with Crippen LogP contribution in [-0.2, 0) is 16.1 Å². The van der Waals surface area contributed by atoms with Crippen LogP contribution in [0.4, 0.5) is 0 Å². The average Bonchev–Trinajstić information content (AvgIpc) is 3.14. The molecule has 1 aromatic carbocycles. The van der Waals surface area contributed by atoms with E-state index in [1.54, 1.807) is 40.3 Å². The Morgan fingerprint density at radius 3 is 2.72 bits per heavy atom. The van der Waals surface area contributed by atoms with E-state index in [4.69, 9.17) is 14.2 Å².